The molecule has 0 saturated carbocycles. The quantitative estimate of drug-likeness (QED) is 0.658. The molecule has 1 atom stereocenters. The molecule has 8 heteroatoms. The maximum absolute atomic E-state index is 12.2. The van der Waals surface area contributed by atoms with Crippen molar-refractivity contribution in [1.29, 1.82) is 0 Å². The molecule has 1 aliphatic heterocycles. The van der Waals surface area contributed by atoms with Gasteiger partial charge < -0.3 is 24.8 Å². The highest BCUT2D eigenvalue weighted by molar-refractivity contribution is 7.80. The number of anilines is 1. The lowest BCUT2D eigenvalue weighted by Crippen LogP contribution is -2.28. The van der Waals surface area contributed by atoms with Gasteiger partial charge in [-0.05, 0) is 62.5 Å². The first-order valence-electron chi connectivity index (χ1n) is 8.99. The molecule has 0 radical (unpaired) electrons. The molecular weight excluding hydrogens is 386 g/mol. The summed E-state index contributed by atoms with van der Waals surface area (Å²) >= 11 is 5.32. The van der Waals surface area contributed by atoms with E-state index in [9.17, 15) is 8.78 Å². The van der Waals surface area contributed by atoms with E-state index in [1.807, 2.05) is 26.0 Å². The summed E-state index contributed by atoms with van der Waals surface area (Å²) in [5.41, 5.74) is 2.75. The van der Waals surface area contributed by atoms with Crippen molar-refractivity contribution in [3.05, 3.63) is 47.5 Å². The minimum Gasteiger partial charge on any atom is -0.494 e. The van der Waals surface area contributed by atoms with E-state index in [2.05, 4.69) is 15.4 Å². The van der Waals surface area contributed by atoms with Gasteiger partial charge in [0.25, 0.3) is 0 Å². The topological polar surface area (TPSA) is 51.8 Å². The number of fused-ring (bicyclic) bond motifs is 1. The Balaban J connectivity index is 1.60. The van der Waals surface area contributed by atoms with Crippen molar-refractivity contribution in [1.82, 2.24) is 5.32 Å². The van der Waals surface area contributed by atoms with Gasteiger partial charge in [0.1, 0.15) is 23.4 Å². The molecule has 0 aliphatic carbocycles. The fourth-order valence-corrected chi connectivity index (χ4v) is 3.17. The van der Waals surface area contributed by atoms with Crippen LogP contribution in [-0.2, 0) is 13.0 Å². The largest absolute Gasteiger partial charge is 0.494 e. The monoisotopic (exact) mass is 408 g/mol. The van der Waals surface area contributed by atoms with E-state index in [1.54, 1.807) is 12.1 Å². The van der Waals surface area contributed by atoms with E-state index in [0.29, 0.717) is 24.0 Å². The minimum atomic E-state index is -2.85. The molecule has 0 amide bonds. The van der Waals surface area contributed by atoms with Crippen molar-refractivity contribution < 1.29 is 23.0 Å². The third-order valence-electron chi connectivity index (χ3n) is 4.16. The standard InChI is InChI=1S/C20H22F2N2O3S/c1-3-25-17-9-13-8-12(2)26-18(13)10-14(17)11-23-20(28)24-15-4-6-16(7-5-15)27-19(21)22/h4-7,9-10,12,19H,3,8,11H2,1-2H3,(H2,23,24,28)/t12-/m0/s1. The van der Waals surface area contributed by atoms with Crippen molar-refractivity contribution >= 4 is 23.0 Å². The van der Waals surface area contributed by atoms with Crippen LogP contribution in [0.1, 0.15) is 25.0 Å². The Morgan fingerprint density at radius 1 is 1.29 bits per heavy atom. The SMILES string of the molecule is CCOc1cc2c(cc1CNC(=S)Nc1ccc(OC(F)F)cc1)O[C@@H](C)C2. The summed E-state index contributed by atoms with van der Waals surface area (Å²) in [6.07, 6.45) is 1.03. The van der Waals surface area contributed by atoms with Crippen molar-refractivity contribution in [2.75, 3.05) is 11.9 Å². The van der Waals surface area contributed by atoms with Crippen molar-refractivity contribution in [3.63, 3.8) is 0 Å². The molecule has 3 rings (SSSR count). The van der Waals surface area contributed by atoms with Crippen LogP contribution in [-0.4, -0.2) is 24.4 Å². The second-order valence-electron chi connectivity index (χ2n) is 6.34. The van der Waals surface area contributed by atoms with Crippen LogP contribution in [0.2, 0.25) is 0 Å². The fraction of sp³-hybridized carbons (Fsp3) is 0.350. The van der Waals surface area contributed by atoms with Gasteiger partial charge in [0.15, 0.2) is 5.11 Å². The first-order chi connectivity index (χ1) is 13.4. The summed E-state index contributed by atoms with van der Waals surface area (Å²) in [6.45, 7) is 2.16. The number of hydrogen-bond acceptors (Lipinski definition) is 4. The van der Waals surface area contributed by atoms with E-state index in [4.69, 9.17) is 21.7 Å². The van der Waals surface area contributed by atoms with E-state index in [-0.39, 0.29) is 11.9 Å². The summed E-state index contributed by atoms with van der Waals surface area (Å²) < 4.78 is 40.3. The van der Waals surface area contributed by atoms with Gasteiger partial charge in [-0.25, -0.2) is 0 Å². The van der Waals surface area contributed by atoms with Gasteiger partial charge in [-0.3, -0.25) is 0 Å². The van der Waals surface area contributed by atoms with Crippen LogP contribution >= 0.6 is 12.2 Å². The van der Waals surface area contributed by atoms with Gasteiger partial charge in [0.2, 0.25) is 0 Å². The number of nitrogens with one attached hydrogen (secondary N) is 2. The van der Waals surface area contributed by atoms with Gasteiger partial charge in [-0.1, -0.05) is 0 Å². The second kappa shape index (κ2) is 9.05. The zero-order valence-electron chi connectivity index (χ0n) is 15.6. The summed E-state index contributed by atoms with van der Waals surface area (Å²) in [5, 5.41) is 6.54. The molecule has 0 saturated heterocycles. The first-order valence-corrected chi connectivity index (χ1v) is 9.40. The number of rotatable bonds is 7. The Labute approximate surface area is 168 Å². The molecule has 1 heterocycles. The minimum absolute atomic E-state index is 0.0909. The lowest BCUT2D eigenvalue weighted by molar-refractivity contribution is -0.0498. The van der Waals surface area contributed by atoms with Crippen LogP contribution in [0.15, 0.2) is 36.4 Å². The molecular formula is C20H22F2N2O3S. The molecule has 2 N–H and O–H groups in total. The molecule has 0 fully saturated rings. The van der Waals surface area contributed by atoms with Gasteiger partial charge in [0.05, 0.1) is 6.61 Å². The number of halogens is 2. The van der Waals surface area contributed by atoms with Crippen LogP contribution < -0.4 is 24.8 Å². The zero-order valence-corrected chi connectivity index (χ0v) is 16.4. The Morgan fingerprint density at radius 2 is 2.04 bits per heavy atom. The fourth-order valence-electron chi connectivity index (χ4n) is 2.98. The third-order valence-corrected chi connectivity index (χ3v) is 4.40. The molecule has 2 aromatic carbocycles. The Morgan fingerprint density at radius 3 is 2.71 bits per heavy atom. The Bertz CT molecular complexity index is 831. The van der Waals surface area contributed by atoms with Crippen LogP contribution in [0, 0.1) is 0 Å². The predicted octanol–water partition coefficient (Wildman–Crippen LogP) is 4.50. The first kappa shape index (κ1) is 20.1. The van der Waals surface area contributed by atoms with Crippen molar-refractivity contribution in [3.8, 4) is 17.2 Å². The number of hydrogen-bond donors (Lipinski definition) is 2. The lowest BCUT2D eigenvalue weighted by atomic mass is 10.1. The Hall–Kier alpha value is -2.61. The molecule has 5 nitrogen and oxygen atoms in total. The van der Waals surface area contributed by atoms with E-state index in [1.165, 1.54) is 12.1 Å². The number of alkyl halides is 2. The molecule has 150 valence electrons. The molecule has 2 aromatic rings. The second-order valence-corrected chi connectivity index (χ2v) is 6.75. The van der Waals surface area contributed by atoms with Gasteiger partial charge in [-0.15, -0.1) is 0 Å². The van der Waals surface area contributed by atoms with Crippen molar-refractivity contribution in [2.24, 2.45) is 0 Å². The average molecular weight is 408 g/mol. The normalized spacial score (nSPS) is 15.0. The molecule has 0 aromatic heterocycles. The predicted molar refractivity (Wildman–Crippen MR) is 108 cm³/mol. The molecule has 1 aliphatic rings. The van der Waals surface area contributed by atoms with Crippen LogP contribution in [0.5, 0.6) is 17.2 Å². The maximum Gasteiger partial charge on any atom is 0.387 e. The highest BCUT2D eigenvalue weighted by Crippen LogP contribution is 2.35. The molecule has 28 heavy (non-hydrogen) atoms. The summed E-state index contributed by atoms with van der Waals surface area (Å²) in [6, 6.07) is 10.1. The van der Waals surface area contributed by atoms with Gasteiger partial charge >= 0.3 is 6.61 Å². The van der Waals surface area contributed by atoms with E-state index < -0.39 is 6.61 Å². The van der Waals surface area contributed by atoms with Crippen LogP contribution in [0.25, 0.3) is 0 Å². The number of thiocarbonyl (C=S) groups is 1. The third kappa shape index (κ3) is 5.22. The highest BCUT2D eigenvalue weighted by atomic mass is 32.1. The van der Waals surface area contributed by atoms with Crippen molar-refractivity contribution in [2.45, 2.75) is 39.5 Å². The average Bonchev–Trinajstić information content (AvgIpc) is 3.00. The molecule has 0 spiro atoms. The summed E-state index contributed by atoms with van der Waals surface area (Å²) in [5.74, 6) is 1.78. The summed E-state index contributed by atoms with van der Waals surface area (Å²) in [4.78, 5) is 0. The smallest absolute Gasteiger partial charge is 0.387 e. The maximum atomic E-state index is 12.2. The molecule has 0 bridgehead atoms. The highest BCUT2D eigenvalue weighted by Gasteiger charge is 2.21. The van der Waals surface area contributed by atoms with Crippen LogP contribution in [0.4, 0.5) is 14.5 Å². The zero-order chi connectivity index (χ0) is 20.1. The van der Waals surface area contributed by atoms with Gasteiger partial charge in [0, 0.05) is 29.8 Å². The number of ether oxygens (including phenoxy) is 3. The Kier molecular flexibility index (Phi) is 6.51. The summed E-state index contributed by atoms with van der Waals surface area (Å²) in [7, 11) is 0. The van der Waals surface area contributed by atoms with Crippen LogP contribution in [0.3, 0.4) is 0 Å². The van der Waals surface area contributed by atoms with Gasteiger partial charge in [-0.2, -0.15) is 8.78 Å². The lowest BCUT2D eigenvalue weighted by Gasteiger charge is -2.15. The number of benzene rings is 2. The molecule has 0 unspecified atom stereocenters. The van der Waals surface area contributed by atoms with E-state index in [0.717, 1.165) is 29.0 Å². The van der Waals surface area contributed by atoms with E-state index >= 15 is 0 Å².